The molecule has 2 rings (SSSR count). The normalized spacial score (nSPS) is 24.4. The summed E-state index contributed by atoms with van der Waals surface area (Å²) in [7, 11) is 0. The number of carbonyl (C=O) groups excluding carboxylic acids is 1. The van der Waals surface area contributed by atoms with Crippen LogP contribution >= 0.6 is 0 Å². The standard InChI is InChI=1S/C14H17F2NO2/c1-9-7-17(5-4-13(9)18)8-14(19)10-2-3-11(15)12(16)6-10/h2-3,6,9,13,18H,4-5,7-8H2,1H3. The minimum Gasteiger partial charge on any atom is -0.393 e. The molecule has 0 spiro atoms. The molecule has 2 atom stereocenters. The van der Waals surface area contributed by atoms with Crippen LogP contribution in [0.25, 0.3) is 0 Å². The van der Waals surface area contributed by atoms with Gasteiger partial charge in [-0.15, -0.1) is 0 Å². The average molecular weight is 269 g/mol. The van der Waals surface area contributed by atoms with Gasteiger partial charge in [0.2, 0.25) is 0 Å². The van der Waals surface area contributed by atoms with Gasteiger partial charge in [0.15, 0.2) is 17.4 Å². The van der Waals surface area contributed by atoms with Gasteiger partial charge in [0.25, 0.3) is 0 Å². The van der Waals surface area contributed by atoms with E-state index in [2.05, 4.69) is 0 Å². The number of hydrogen-bond donors (Lipinski definition) is 1. The van der Waals surface area contributed by atoms with Crippen molar-refractivity contribution in [2.24, 2.45) is 5.92 Å². The largest absolute Gasteiger partial charge is 0.393 e. The highest BCUT2D eigenvalue weighted by Gasteiger charge is 2.25. The van der Waals surface area contributed by atoms with Crippen LogP contribution in [0.5, 0.6) is 0 Å². The van der Waals surface area contributed by atoms with Crippen LogP contribution in [0, 0.1) is 17.6 Å². The summed E-state index contributed by atoms with van der Waals surface area (Å²) in [5.74, 6) is -2.08. The van der Waals surface area contributed by atoms with Crippen LogP contribution in [-0.4, -0.2) is 41.5 Å². The van der Waals surface area contributed by atoms with Crippen LogP contribution in [0.4, 0.5) is 8.78 Å². The Morgan fingerprint density at radius 1 is 1.42 bits per heavy atom. The second-order valence-corrected chi connectivity index (χ2v) is 5.12. The zero-order valence-corrected chi connectivity index (χ0v) is 10.8. The summed E-state index contributed by atoms with van der Waals surface area (Å²) in [6.45, 7) is 3.37. The fourth-order valence-corrected chi connectivity index (χ4v) is 2.33. The number of nitrogens with zero attached hydrogens (tertiary/aromatic N) is 1. The van der Waals surface area contributed by atoms with E-state index in [0.29, 0.717) is 19.5 Å². The summed E-state index contributed by atoms with van der Waals surface area (Å²) in [5, 5.41) is 9.61. The van der Waals surface area contributed by atoms with Crippen LogP contribution in [0.3, 0.4) is 0 Å². The lowest BCUT2D eigenvalue weighted by Gasteiger charge is -2.33. The SMILES string of the molecule is CC1CN(CC(=O)c2ccc(F)c(F)c2)CCC1O. The zero-order chi connectivity index (χ0) is 14.0. The van der Waals surface area contributed by atoms with Crippen molar-refractivity contribution in [3.8, 4) is 0 Å². The van der Waals surface area contributed by atoms with Gasteiger partial charge >= 0.3 is 0 Å². The molecule has 0 aliphatic carbocycles. The van der Waals surface area contributed by atoms with Crippen molar-refractivity contribution >= 4 is 5.78 Å². The molecule has 3 nitrogen and oxygen atoms in total. The molecule has 1 aliphatic heterocycles. The number of carbonyl (C=O) groups is 1. The third-order valence-corrected chi connectivity index (χ3v) is 3.55. The van der Waals surface area contributed by atoms with Gasteiger partial charge in [0.05, 0.1) is 12.6 Å². The Hall–Kier alpha value is -1.33. The number of piperidine rings is 1. The second kappa shape index (κ2) is 5.75. The van der Waals surface area contributed by atoms with E-state index in [-0.39, 0.29) is 29.9 Å². The van der Waals surface area contributed by atoms with Gasteiger partial charge in [-0.05, 0) is 30.5 Å². The van der Waals surface area contributed by atoms with Crippen molar-refractivity contribution in [1.29, 1.82) is 0 Å². The minimum atomic E-state index is -1.01. The lowest BCUT2D eigenvalue weighted by molar-refractivity contribution is 0.0344. The first-order chi connectivity index (χ1) is 8.97. The third-order valence-electron chi connectivity index (χ3n) is 3.55. The predicted octanol–water partition coefficient (Wildman–Crippen LogP) is 1.85. The summed E-state index contributed by atoms with van der Waals surface area (Å²) >= 11 is 0. The Kier molecular flexibility index (Phi) is 4.27. The van der Waals surface area contributed by atoms with Gasteiger partial charge in [0, 0.05) is 18.7 Å². The van der Waals surface area contributed by atoms with Crippen LogP contribution in [-0.2, 0) is 0 Å². The molecule has 1 aliphatic rings. The van der Waals surface area contributed by atoms with Crippen molar-refractivity contribution in [3.05, 3.63) is 35.4 Å². The Labute approximate surface area is 110 Å². The fraction of sp³-hybridized carbons (Fsp3) is 0.500. The molecule has 0 amide bonds. The molecule has 1 saturated heterocycles. The van der Waals surface area contributed by atoms with Crippen molar-refractivity contribution < 1.29 is 18.7 Å². The van der Waals surface area contributed by atoms with E-state index < -0.39 is 11.6 Å². The molecule has 2 unspecified atom stereocenters. The number of benzene rings is 1. The highest BCUT2D eigenvalue weighted by molar-refractivity contribution is 5.97. The number of hydrogen-bond acceptors (Lipinski definition) is 3. The molecule has 0 radical (unpaired) electrons. The molecule has 19 heavy (non-hydrogen) atoms. The van der Waals surface area contributed by atoms with Crippen LogP contribution < -0.4 is 0 Å². The van der Waals surface area contributed by atoms with Gasteiger partial charge in [0.1, 0.15) is 0 Å². The van der Waals surface area contributed by atoms with Gasteiger partial charge in [-0.25, -0.2) is 8.78 Å². The summed E-state index contributed by atoms with van der Waals surface area (Å²) in [4.78, 5) is 13.9. The fourth-order valence-electron chi connectivity index (χ4n) is 2.33. The molecular weight excluding hydrogens is 252 g/mol. The highest BCUT2D eigenvalue weighted by Crippen LogP contribution is 2.17. The third kappa shape index (κ3) is 3.36. The van der Waals surface area contributed by atoms with E-state index in [0.717, 1.165) is 12.1 Å². The molecule has 0 saturated carbocycles. The first-order valence-electron chi connectivity index (χ1n) is 6.36. The first kappa shape index (κ1) is 14.1. The molecule has 1 heterocycles. The average Bonchev–Trinajstić information content (AvgIpc) is 2.37. The van der Waals surface area contributed by atoms with E-state index in [1.807, 2.05) is 11.8 Å². The van der Waals surface area contributed by atoms with Gasteiger partial charge in [-0.3, -0.25) is 9.69 Å². The summed E-state index contributed by atoms with van der Waals surface area (Å²) < 4.78 is 25.8. The molecule has 104 valence electrons. The Morgan fingerprint density at radius 2 is 2.16 bits per heavy atom. The maximum absolute atomic E-state index is 13.1. The van der Waals surface area contributed by atoms with Gasteiger partial charge in [-0.2, -0.15) is 0 Å². The minimum absolute atomic E-state index is 0.117. The van der Waals surface area contributed by atoms with Crippen LogP contribution in [0.2, 0.25) is 0 Å². The molecular formula is C14H17F2NO2. The van der Waals surface area contributed by atoms with Crippen molar-refractivity contribution in [2.45, 2.75) is 19.4 Å². The molecule has 0 aromatic heterocycles. The van der Waals surface area contributed by atoms with E-state index in [1.54, 1.807) is 0 Å². The van der Waals surface area contributed by atoms with Crippen molar-refractivity contribution in [3.63, 3.8) is 0 Å². The Morgan fingerprint density at radius 3 is 2.79 bits per heavy atom. The zero-order valence-electron chi connectivity index (χ0n) is 10.8. The van der Waals surface area contributed by atoms with Crippen LogP contribution in [0.15, 0.2) is 18.2 Å². The molecule has 1 N–H and O–H groups in total. The monoisotopic (exact) mass is 269 g/mol. The molecule has 1 aromatic carbocycles. The maximum Gasteiger partial charge on any atom is 0.176 e. The Bertz CT molecular complexity index is 479. The summed E-state index contributed by atoms with van der Waals surface area (Å²) in [5.41, 5.74) is 0.178. The Balaban J connectivity index is 1.99. The number of rotatable bonds is 3. The molecule has 5 heteroatoms. The predicted molar refractivity (Wildman–Crippen MR) is 66.9 cm³/mol. The van der Waals surface area contributed by atoms with E-state index in [1.165, 1.54) is 6.07 Å². The van der Waals surface area contributed by atoms with Crippen molar-refractivity contribution in [1.82, 2.24) is 4.90 Å². The molecule has 1 aromatic rings. The topological polar surface area (TPSA) is 40.5 Å². The number of aliphatic hydroxyl groups is 1. The summed E-state index contributed by atoms with van der Waals surface area (Å²) in [6, 6.07) is 3.19. The molecule has 0 bridgehead atoms. The van der Waals surface area contributed by atoms with Gasteiger partial charge in [-0.1, -0.05) is 6.92 Å². The van der Waals surface area contributed by atoms with E-state index in [9.17, 15) is 18.7 Å². The number of halogens is 2. The van der Waals surface area contributed by atoms with E-state index >= 15 is 0 Å². The quantitative estimate of drug-likeness (QED) is 0.851. The van der Waals surface area contributed by atoms with Crippen LogP contribution in [0.1, 0.15) is 23.7 Å². The summed E-state index contributed by atoms with van der Waals surface area (Å²) in [6.07, 6.45) is 0.307. The number of likely N-dealkylation sites (tertiary alicyclic amines) is 1. The lowest BCUT2D eigenvalue weighted by atomic mass is 9.96. The highest BCUT2D eigenvalue weighted by atomic mass is 19.2. The second-order valence-electron chi connectivity index (χ2n) is 5.12. The number of ketones is 1. The van der Waals surface area contributed by atoms with E-state index in [4.69, 9.17) is 0 Å². The smallest absolute Gasteiger partial charge is 0.176 e. The first-order valence-corrected chi connectivity index (χ1v) is 6.36. The van der Waals surface area contributed by atoms with Crippen molar-refractivity contribution in [2.75, 3.05) is 19.6 Å². The molecule has 1 fully saturated rings. The maximum atomic E-state index is 13.1. The number of aliphatic hydroxyl groups excluding tert-OH is 1. The number of Topliss-reactive ketones (excluding diaryl/α,β-unsaturated/α-hetero) is 1. The lowest BCUT2D eigenvalue weighted by Crippen LogP contribution is -2.44. The van der Waals surface area contributed by atoms with Gasteiger partial charge < -0.3 is 5.11 Å².